The molecule has 0 bridgehead atoms. The van der Waals surface area contributed by atoms with Crippen molar-refractivity contribution in [3.05, 3.63) is 0 Å². The summed E-state index contributed by atoms with van der Waals surface area (Å²) in [5, 5.41) is 0. The van der Waals surface area contributed by atoms with E-state index in [0.29, 0.717) is 19.4 Å². The Hall–Kier alpha value is -0.690. The standard InChI is InChI=1S/C14H22O6/c1-13(2)16-7-9(18-13)12-11(19-14(3,4)20-12)8-5-6-10(15)17-8/h8-9,11-12H,5-7H2,1-4H3/t8-,9+,11+,12+/m0/s1. The number of cyclic esters (lactones) is 1. The van der Waals surface area contributed by atoms with Crippen LogP contribution in [0.5, 0.6) is 0 Å². The van der Waals surface area contributed by atoms with Gasteiger partial charge in [-0.1, -0.05) is 0 Å². The molecule has 3 heterocycles. The van der Waals surface area contributed by atoms with Gasteiger partial charge in [-0.2, -0.15) is 0 Å². The van der Waals surface area contributed by atoms with Gasteiger partial charge in [0.15, 0.2) is 11.6 Å². The Bertz CT molecular complexity index is 404. The monoisotopic (exact) mass is 286 g/mol. The van der Waals surface area contributed by atoms with Gasteiger partial charge in [0.05, 0.1) is 6.61 Å². The van der Waals surface area contributed by atoms with Crippen molar-refractivity contribution in [3.8, 4) is 0 Å². The number of carbonyl (C=O) groups is 1. The van der Waals surface area contributed by atoms with Crippen molar-refractivity contribution in [2.24, 2.45) is 0 Å². The SMILES string of the molecule is CC1(C)O[C@H]([C@@H]2CCC(=O)O2)[C@@H]([C@H]2COC(C)(C)O2)O1. The zero-order valence-corrected chi connectivity index (χ0v) is 12.4. The molecule has 0 aromatic rings. The molecule has 0 amide bonds. The average molecular weight is 286 g/mol. The van der Waals surface area contributed by atoms with Gasteiger partial charge in [0.25, 0.3) is 0 Å². The minimum absolute atomic E-state index is 0.175. The van der Waals surface area contributed by atoms with Crippen LogP contribution in [0.4, 0.5) is 0 Å². The highest BCUT2D eigenvalue weighted by molar-refractivity contribution is 5.71. The van der Waals surface area contributed by atoms with Crippen LogP contribution in [-0.4, -0.2) is 48.6 Å². The van der Waals surface area contributed by atoms with E-state index in [4.69, 9.17) is 23.7 Å². The summed E-state index contributed by atoms with van der Waals surface area (Å²) in [6.45, 7) is 7.92. The average Bonchev–Trinajstić information content (AvgIpc) is 2.96. The molecule has 3 rings (SSSR count). The largest absolute Gasteiger partial charge is 0.459 e. The highest BCUT2D eigenvalue weighted by Gasteiger charge is 2.53. The number of carbonyl (C=O) groups excluding carboxylic acids is 1. The maximum absolute atomic E-state index is 11.3. The summed E-state index contributed by atoms with van der Waals surface area (Å²) in [7, 11) is 0. The van der Waals surface area contributed by atoms with E-state index in [-0.39, 0.29) is 30.4 Å². The molecule has 114 valence electrons. The third kappa shape index (κ3) is 2.70. The fourth-order valence-corrected chi connectivity index (χ4v) is 3.05. The van der Waals surface area contributed by atoms with Crippen LogP contribution in [0.2, 0.25) is 0 Å². The van der Waals surface area contributed by atoms with Gasteiger partial charge in [0, 0.05) is 6.42 Å². The van der Waals surface area contributed by atoms with Gasteiger partial charge in [-0.25, -0.2) is 0 Å². The smallest absolute Gasteiger partial charge is 0.306 e. The van der Waals surface area contributed by atoms with Crippen LogP contribution in [0.1, 0.15) is 40.5 Å². The van der Waals surface area contributed by atoms with Crippen LogP contribution in [-0.2, 0) is 28.5 Å². The minimum Gasteiger partial charge on any atom is -0.459 e. The molecule has 3 aliphatic rings. The predicted molar refractivity (Wildman–Crippen MR) is 67.8 cm³/mol. The van der Waals surface area contributed by atoms with Crippen LogP contribution in [0.15, 0.2) is 0 Å². The summed E-state index contributed by atoms with van der Waals surface area (Å²) in [6, 6.07) is 0. The summed E-state index contributed by atoms with van der Waals surface area (Å²) < 4.78 is 28.7. The van der Waals surface area contributed by atoms with Crippen LogP contribution < -0.4 is 0 Å². The van der Waals surface area contributed by atoms with Gasteiger partial charge >= 0.3 is 5.97 Å². The Kier molecular flexibility index (Phi) is 3.32. The zero-order chi connectivity index (χ0) is 14.5. The fourth-order valence-electron chi connectivity index (χ4n) is 3.05. The van der Waals surface area contributed by atoms with E-state index in [1.54, 1.807) is 0 Å². The normalized spacial score (nSPS) is 42.9. The van der Waals surface area contributed by atoms with Gasteiger partial charge in [-0.15, -0.1) is 0 Å². The molecule has 0 aromatic heterocycles. The molecular formula is C14H22O6. The van der Waals surface area contributed by atoms with Crippen LogP contribution in [0.25, 0.3) is 0 Å². The molecule has 0 radical (unpaired) electrons. The fraction of sp³-hybridized carbons (Fsp3) is 0.929. The molecule has 3 aliphatic heterocycles. The van der Waals surface area contributed by atoms with Gasteiger partial charge in [-0.05, 0) is 34.1 Å². The third-order valence-electron chi connectivity index (χ3n) is 3.84. The first-order valence-electron chi connectivity index (χ1n) is 7.13. The van der Waals surface area contributed by atoms with Crippen LogP contribution in [0.3, 0.4) is 0 Å². The Morgan fingerprint density at radius 2 is 1.60 bits per heavy atom. The summed E-state index contributed by atoms with van der Waals surface area (Å²) >= 11 is 0. The number of hydrogen-bond acceptors (Lipinski definition) is 6. The molecule has 6 heteroatoms. The van der Waals surface area contributed by atoms with E-state index in [1.165, 1.54) is 0 Å². The summed E-state index contributed by atoms with van der Waals surface area (Å²) in [5.74, 6) is -1.50. The number of esters is 1. The Morgan fingerprint density at radius 3 is 2.10 bits per heavy atom. The van der Waals surface area contributed by atoms with Crippen molar-refractivity contribution in [3.63, 3.8) is 0 Å². The highest BCUT2D eigenvalue weighted by atomic mass is 16.8. The number of hydrogen-bond donors (Lipinski definition) is 0. The molecule has 0 N–H and O–H groups in total. The Labute approximate surface area is 118 Å². The second-order valence-corrected chi connectivity index (χ2v) is 6.50. The lowest BCUT2D eigenvalue weighted by Gasteiger charge is -2.26. The van der Waals surface area contributed by atoms with Crippen LogP contribution in [0, 0.1) is 0 Å². The number of rotatable bonds is 2. The Balaban J connectivity index is 1.75. The molecule has 6 nitrogen and oxygen atoms in total. The van der Waals surface area contributed by atoms with Crippen molar-refractivity contribution in [1.29, 1.82) is 0 Å². The molecule has 0 unspecified atom stereocenters. The lowest BCUT2D eigenvalue weighted by Crippen LogP contribution is -2.43. The lowest BCUT2D eigenvalue weighted by atomic mass is 10.0. The molecule has 3 fully saturated rings. The summed E-state index contributed by atoms with van der Waals surface area (Å²) in [6.07, 6.45) is 0.0287. The summed E-state index contributed by atoms with van der Waals surface area (Å²) in [4.78, 5) is 11.3. The first-order valence-corrected chi connectivity index (χ1v) is 7.13. The van der Waals surface area contributed by atoms with E-state index in [2.05, 4.69) is 0 Å². The second-order valence-electron chi connectivity index (χ2n) is 6.50. The van der Waals surface area contributed by atoms with Crippen molar-refractivity contribution < 1.29 is 28.5 Å². The maximum Gasteiger partial charge on any atom is 0.306 e. The van der Waals surface area contributed by atoms with E-state index >= 15 is 0 Å². The highest BCUT2D eigenvalue weighted by Crippen LogP contribution is 2.39. The lowest BCUT2D eigenvalue weighted by molar-refractivity contribution is -0.175. The molecule has 4 atom stereocenters. The van der Waals surface area contributed by atoms with E-state index in [1.807, 2.05) is 27.7 Å². The number of ether oxygens (including phenoxy) is 5. The van der Waals surface area contributed by atoms with E-state index in [0.717, 1.165) is 0 Å². The molecular weight excluding hydrogens is 264 g/mol. The van der Waals surface area contributed by atoms with E-state index < -0.39 is 11.6 Å². The third-order valence-corrected chi connectivity index (χ3v) is 3.84. The molecule has 0 aromatic carbocycles. The Morgan fingerprint density at radius 1 is 0.950 bits per heavy atom. The molecule has 3 saturated heterocycles. The first-order chi connectivity index (χ1) is 9.26. The zero-order valence-electron chi connectivity index (χ0n) is 12.4. The van der Waals surface area contributed by atoms with Crippen molar-refractivity contribution in [2.45, 2.75) is 76.5 Å². The predicted octanol–water partition coefficient (Wildman–Crippen LogP) is 1.36. The van der Waals surface area contributed by atoms with Crippen molar-refractivity contribution in [1.82, 2.24) is 0 Å². The van der Waals surface area contributed by atoms with Crippen molar-refractivity contribution >= 4 is 5.97 Å². The van der Waals surface area contributed by atoms with Gasteiger partial charge in [0.1, 0.15) is 24.4 Å². The molecule has 0 saturated carbocycles. The van der Waals surface area contributed by atoms with Gasteiger partial charge < -0.3 is 23.7 Å². The molecule has 20 heavy (non-hydrogen) atoms. The maximum atomic E-state index is 11.3. The van der Waals surface area contributed by atoms with Crippen molar-refractivity contribution in [2.75, 3.05) is 6.61 Å². The van der Waals surface area contributed by atoms with Gasteiger partial charge in [-0.3, -0.25) is 4.79 Å². The van der Waals surface area contributed by atoms with Gasteiger partial charge in [0.2, 0.25) is 0 Å². The molecule has 0 spiro atoms. The second kappa shape index (κ2) is 4.66. The van der Waals surface area contributed by atoms with E-state index in [9.17, 15) is 4.79 Å². The minimum atomic E-state index is -0.708. The topological polar surface area (TPSA) is 63.2 Å². The van der Waals surface area contributed by atoms with Crippen LogP contribution >= 0.6 is 0 Å². The first kappa shape index (κ1) is 14.3. The molecule has 0 aliphatic carbocycles. The quantitative estimate of drug-likeness (QED) is 0.714. The summed E-state index contributed by atoms with van der Waals surface area (Å²) in [5.41, 5.74) is 0.